The van der Waals surface area contributed by atoms with Crippen molar-refractivity contribution >= 4 is 29.1 Å². The van der Waals surface area contributed by atoms with Crippen LogP contribution >= 0.6 is 23.4 Å². The summed E-state index contributed by atoms with van der Waals surface area (Å²) in [5.41, 5.74) is 2.22. The molecule has 96 valence electrons. The van der Waals surface area contributed by atoms with E-state index in [9.17, 15) is 0 Å². The Labute approximate surface area is 117 Å². The molecule has 1 aromatic carbocycles. The van der Waals surface area contributed by atoms with Crippen molar-refractivity contribution in [3.63, 3.8) is 0 Å². The predicted molar refractivity (Wildman–Crippen MR) is 79.4 cm³/mol. The molecule has 0 saturated carbocycles. The van der Waals surface area contributed by atoms with Crippen LogP contribution in [0.15, 0.2) is 34.7 Å². The van der Waals surface area contributed by atoms with Gasteiger partial charge in [0.2, 0.25) is 0 Å². The highest BCUT2D eigenvalue weighted by molar-refractivity contribution is 7.97. The van der Waals surface area contributed by atoms with Crippen molar-refractivity contribution < 1.29 is 4.42 Å². The molecule has 2 nitrogen and oxygen atoms in total. The molecule has 0 amide bonds. The lowest BCUT2D eigenvalue weighted by molar-refractivity contribution is 0.487. The normalized spacial score (nSPS) is 10.6. The third-order valence-electron chi connectivity index (χ3n) is 2.65. The summed E-state index contributed by atoms with van der Waals surface area (Å²) >= 11 is 7.68. The summed E-state index contributed by atoms with van der Waals surface area (Å²) in [6.07, 6.45) is 2.07. The van der Waals surface area contributed by atoms with Crippen LogP contribution in [-0.2, 0) is 12.3 Å². The first-order valence-electron chi connectivity index (χ1n) is 5.75. The number of aryl methyl sites for hydroxylation is 1. The van der Waals surface area contributed by atoms with Crippen LogP contribution in [-0.4, -0.2) is 6.26 Å². The predicted octanol–water partition coefficient (Wildman–Crippen LogP) is 4.72. The molecular formula is C14H16ClNOS. The van der Waals surface area contributed by atoms with E-state index in [1.54, 1.807) is 11.8 Å². The molecule has 1 heterocycles. The average Bonchev–Trinajstić information content (AvgIpc) is 2.76. The van der Waals surface area contributed by atoms with Crippen LogP contribution < -0.4 is 5.32 Å². The van der Waals surface area contributed by atoms with Crippen molar-refractivity contribution in [2.75, 3.05) is 11.6 Å². The summed E-state index contributed by atoms with van der Waals surface area (Å²) < 4.78 is 5.70. The Kier molecular flexibility index (Phi) is 4.61. The standard InChI is InChI=1S/C14H16ClNOS/c1-10-7-11(15)3-6-14(10)16-8-12-4-5-13(17-12)9-18-2/h3-7,16H,8-9H2,1-2H3. The molecule has 18 heavy (non-hydrogen) atoms. The highest BCUT2D eigenvalue weighted by atomic mass is 35.5. The molecule has 2 rings (SSSR count). The number of thioether (sulfide) groups is 1. The maximum atomic E-state index is 5.92. The zero-order valence-electron chi connectivity index (χ0n) is 10.5. The topological polar surface area (TPSA) is 25.2 Å². The number of rotatable bonds is 5. The van der Waals surface area contributed by atoms with Gasteiger partial charge in [-0.05, 0) is 49.1 Å². The molecule has 0 aliphatic heterocycles. The highest BCUT2D eigenvalue weighted by Gasteiger charge is 2.03. The summed E-state index contributed by atoms with van der Waals surface area (Å²) in [7, 11) is 0. The number of nitrogens with one attached hydrogen (secondary N) is 1. The number of halogens is 1. The van der Waals surface area contributed by atoms with Gasteiger partial charge in [0, 0.05) is 10.7 Å². The molecule has 0 fully saturated rings. The monoisotopic (exact) mass is 281 g/mol. The van der Waals surface area contributed by atoms with Gasteiger partial charge in [0.15, 0.2) is 0 Å². The van der Waals surface area contributed by atoms with Gasteiger partial charge in [0.1, 0.15) is 11.5 Å². The summed E-state index contributed by atoms with van der Waals surface area (Å²) in [5, 5.41) is 4.12. The van der Waals surface area contributed by atoms with Gasteiger partial charge in [-0.3, -0.25) is 0 Å². The summed E-state index contributed by atoms with van der Waals surface area (Å²) in [5.74, 6) is 2.89. The molecule has 0 saturated heterocycles. The number of hydrogen-bond donors (Lipinski definition) is 1. The van der Waals surface area contributed by atoms with Crippen molar-refractivity contribution in [3.05, 3.63) is 52.4 Å². The largest absolute Gasteiger partial charge is 0.463 e. The Balaban J connectivity index is 1.97. The Morgan fingerprint density at radius 3 is 2.72 bits per heavy atom. The van der Waals surface area contributed by atoms with E-state index >= 15 is 0 Å². The lowest BCUT2D eigenvalue weighted by Gasteiger charge is -2.08. The maximum absolute atomic E-state index is 5.92. The molecule has 0 aliphatic carbocycles. The van der Waals surface area contributed by atoms with Crippen molar-refractivity contribution in [2.45, 2.75) is 19.2 Å². The first kappa shape index (κ1) is 13.4. The van der Waals surface area contributed by atoms with Gasteiger partial charge in [0.25, 0.3) is 0 Å². The molecule has 2 aromatic rings. The van der Waals surface area contributed by atoms with Gasteiger partial charge in [-0.1, -0.05) is 11.6 Å². The molecule has 1 N–H and O–H groups in total. The van der Waals surface area contributed by atoms with Crippen molar-refractivity contribution in [1.82, 2.24) is 0 Å². The molecule has 1 aromatic heterocycles. The minimum Gasteiger partial charge on any atom is -0.463 e. The van der Waals surface area contributed by atoms with Crippen LogP contribution in [0.3, 0.4) is 0 Å². The van der Waals surface area contributed by atoms with E-state index in [4.69, 9.17) is 16.0 Å². The number of anilines is 1. The minimum atomic E-state index is 0.691. The Bertz CT molecular complexity index is 524. The number of benzene rings is 1. The van der Waals surface area contributed by atoms with E-state index in [1.807, 2.05) is 37.3 Å². The van der Waals surface area contributed by atoms with E-state index < -0.39 is 0 Å². The fourth-order valence-electron chi connectivity index (χ4n) is 1.74. The Morgan fingerprint density at radius 2 is 2.00 bits per heavy atom. The first-order valence-corrected chi connectivity index (χ1v) is 7.53. The van der Waals surface area contributed by atoms with Crippen LogP contribution in [0.5, 0.6) is 0 Å². The molecule has 4 heteroatoms. The van der Waals surface area contributed by atoms with Gasteiger partial charge >= 0.3 is 0 Å². The zero-order valence-corrected chi connectivity index (χ0v) is 12.1. The van der Waals surface area contributed by atoms with Gasteiger partial charge < -0.3 is 9.73 Å². The molecule has 0 spiro atoms. The van der Waals surface area contributed by atoms with E-state index in [0.29, 0.717) is 6.54 Å². The summed E-state index contributed by atoms with van der Waals surface area (Å²) in [4.78, 5) is 0. The van der Waals surface area contributed by atoms with E-state index in [1.165, 1.54) is 0 Å². The lowest BCUT2D eigenvalue weighted by atomic mass is 10.2. The second-order valence-corrected chi connectivity index (χ2v) is 5.42. The minimum absolute atomic E-state index is 0.691. The lowest BCUT2D eigenvalue weighted by Crippen LogP contribution is -1.99. The third-order valence-corrected chi connectivity index (χ3v) is 3.45. The number of furan rings is 1. The third kappa shape index (κ3) is 3.47. The first-order chi connectivity index (χ1) is 8.69. The van der Waals surface area contributed by atoms with Crippen LogP contribution in [0.25, 0.3) is 0 Å². The quantitative estimate of drug-likeness (QED) is 0.859. The van der Waals surface area contributed by atoms with Crippen molar-refractivity contribution in [3.8, 4) is 0 Å². The average molecular weight is 282 g/mol. The molecule has 0 bridgehead atoms. The van der Waals surface area contributed by atoms with Gasteiger partial charge in [0.05, 0.1) is 12.3 Å². The van der Waals surface area contributed by atoms with Gasteiger partial charge in [-0.15, -0.1) is 0 Å². The van der Waals surface area contributed by atoms with E-state index in [2.05, 4.69) is 11.6 Å². The van der Waals surface area contributed by atoms with Crippen molar-refractivity contribution in [2.24, 2.45) is 0 Å². The Morgan fingerprint density at radius 1 is 1.22 bits per heavy atom. The fourth-order valence-corrected chi connectivity index (χ4v) is 2.41. The zero-order chi connectivity index (χ0) is 13.0. The van der Waals surface area contributed by atoms with Crippen LogP contribution in [0.1, 0.15) is 17.1 Å². The van der Waals surface area contributed by atoms with Crippen molar-refractivity contribution in [1.29, 1.82) is 0 Å². The Hall–Kier alpha value is -1.06. The van der Waals surface area contributed by atoms with Gasteiger partial charge in [-0.25, -0.2) is 0 Å². The maximum Gasteiger partial charge on any atom is 0.123 e. The number of hydrogen-bond acceptors (Lipinski definition) is 3. The van der Waals surface area contributed by atoms with Crippen LogP contribution in [0, 0.1) is 6.92 Å². The highest BCUT2D eigenvalue weighted by Crippen LogP contribution is 2.21. The smallest absolute Gasteiger partial charge is 0.123 e. The van der Waals surface area contributed by atoms with E-state index in [0.717, 1.165) is 33.5 Å². The second-order valence-electron chi connectivity index (χ2n) is 4.11. The van der Waals surface area contributed by atoms with E-state index in [-0.39, 0.29) is 0 Å². The van der Waals surface area contributed by atoms with Gasteiger partial charge in [-0.2, -0.15) is 11.8 Å². The molecular weight excluding hydrogens is 266 g/mol. The fraction of sp³-hybridized carbons (Fsp3) is 0.286. The molecule has 0 radical (unpaired) electrons. The second kappa shape index (κ2) is 6.21. The SMILES string of the molecule is CSCc1ccc(CNc2ccc(Cl)cc2C)o1. The van der Waals surface area contributed by atoms with Crippen LogP contribution in [0.4, 0.5) is 5.69 Å². The molecule has 0 atom stereocenters. The van der Waals surface area contributed by atoms with Crippen LogP contribution in [0.2, 0.25) is 5.02 Å². The summed E-state index contributed by atoms with van der Waals surface area (Å²) in [6, 6.07) is 9.87. The molecule has 0 unspecified atom stereocenters. The molecule has 0 aliphatic rings. The summed E-state index contributed by atoms with van der Waals surface area (Å²) in [6.45, 7) is 2.73.